The van der Waals surface area contributed by atoms with Crippen LogP contribution in [0.5, 0.6) is 0 Å². The molecule has 7 heteroatoms. The average molecular weight is 454 g/mol. The number of hydrogen-bond acceptors (Lipinski definition) is 6. The van der Waals surface area contributed by atoms with E-state index < -0.39 is 37.0 Å². The van der Waals surface area contributed by atoms with Gasteiger partial charge in [0.25, 0.3) is 0 Å². The Hall–Kier alpha value is -2.32. The van der Waals surface area contributed by atoms with Crippen molar-refractivity contribution in [3.05, 3.63) is 101 Å². The zero-order valence-electron chi connectivity index (χ0n) is 17.3. The summed E-state index contributed by atoms with van der Waals surface area (Å²) in [6.07, 6.45) is -1.10. The number of aliphatic hydroxyl groups is 1. The van der Waals surface area contributed by atoms with Crippen LogP contribution in [0.2, 0.25) is 5.02 Å². The Morgan fingerprint density at radius 2 is 1.28 bits per heavy atom. The summed E-state index contributed by atoms with van der Waals surface area (Å²) in [4.78, 5) is 4.44. The molecule has 0 aliphatic carbocycles. The van der Waals surface area contributed by atoms with E-state index in [1.165, 1.54) is 0 Å². The van der Waals surface area contributed by atoms with Crippen LogP contribution in [0.4, 0.5) is 0 Å². The number of aliphatic hydroxyl groups excluding tert-OH is 1. The second-order valence-corrected chi connectivity index (χ2v) is 8.26. The number of fused-ring (bicyclic) bond motifs is 1. The van der Waals surface area contributed by atoms with Crippen LogP contribution in [-0.4, -0.2) is 41.1 Å². The highest BCUT2D eigenvalue weighted by Crippen LogP contribution is 2.41. The molecule has 6 nitrogen and oxygen atoms in total. The number of ether oxygens (including phenoxy) is 4. The number of benzene rings is 2. The number of aromatic nitrogens is 1. The highest BCUT2D eigenvalue weighted by molar-refractivity contribution is 6.31. The fourth-order valence-corrected chi connectivity index (χ4v) is 4.38. The molecule has 5 rings (SSSR count). The Labute approximate surface area is 191 Å². The van der Waals surface area contributed by atoms with Gasteiger partial charge < -0.3 is 24.1 Å². The highest BCUT2D eigenvalue weighted by Gasteiger charge is 2.50. The molecule has 2 saturated heterocycles. The first-order valence-corrected chi connectivity index (χ1v) is 11.0. The van der Waals surface area contributed by atoms with Crippen LogP contribution >= 0.6 is 11.6 Å². The maximum atomic E-state index is 10.1. The molecule has 0 radical (unpaired) electrons. The third-order valence-corrected chi connectivity index (χ3v) is 6.11. The first kappa shape index (κ1) is 21.5. The van der Waals surface area contributed by atoms with Gasteiger partial charge in [0.1, 0.15) is 18.3 Å². The Kier molecular flexibility index (Phi) is 6.50. The summed E-state index contributed by atoms with van der Waals surface area (Å²) in [7, 11) is 0. The molecule has 3 heterocycles. The van der Waals surface area contributed by atoms with Gasteiger partial charge in [0.05, 0.1) is 23.4 Å². The van der Waals surface area contributed by atoms with Gasteiger partial charge in [-0.05, 0) is 12.1 Å². The predicted molar refractivity (Wildman–Crippen MR) is 118 cm³/mol. The molecule has 166 valence electrons. The molecule has 2 aliphatic rings. The van der Waals surface area contributed by atoms with Gasteiger partial charge in [-0.1, -0.05) is 72.3 Å². The largest absolute Gasteiger partial charge is 0.394 e. The fraction of sp³-hybridized carbons (Fsp3) is 0.320. The molecule has 2 unspecified atom stereocenters. The number of nitrogens with zero attached hydrogens (tertiary/aromatic N) is 1. The van der Waals surface area contributed by atoms with Crippen molar-refractivity contribution >= 4 is 11.6 Å². The van der Waals surface area contributed by atoms with Gasteiger partial charge in [-0.25, -0.2) is 0 Å². The monoisotopic (exact) mass is 453 g/mol. The second-order valence-electron chi connectivity index (χ2n) is 7.85. The van der Waals surface area contributed by atoms with Gasteiger partial charge in [0.2, 0.25) is 0 Å². The van der Waals surface area contributed by atoms with Crippen molar-refractivity contribution in [2.45, 2.75) is 43.4 Å². The summed E-state index contributed by atoms with van der Waals surface area (Å²) in [5, 5.41) is 10.7. The minimum Gasteiger partial charge on any atom is -0.394 e. The average Bonchev–Trinajstić information content (AvgIpc) is 2.86. The molecule has 0 amide bonds. The predicted octanol–water partition coefficient (Wildman–Crippen LogP) is 4.24. The smallest absolute Gasteiger partial charge is 0.184 e. The molecular weight excluding hydrogens is 430 g/mol. The van der Waals surface area contributed by atoms with Crippen LogP contribution in [0.1, 0.15) is 29.4 Å². The Balaban J connectivity index is 1.48. The molecular formula is C25H24ClNO5. The van der Waals surface area contributed by atoms with Gasteiger partial charge in [-0.3, -0.25) is 4.98 Å². The van der Waals surface area contributed by atoms with Gasteiger partial charge in [0.15, 0.2) is 12.6 Å². The van der Waals surface area contributed by atoms with Crippen molar-refractivity contribution in [1.29, 1.82) is 0 Å². The van der Waals surface area contributed by atoms with Crippen LogP contribution in [0.3, 0.4) is 0 Å². The van der Waals surface area contributed by atoms with Gasteiger partial charge in [-0.2, -0.15) is 0 Å². The Morgan fingerprint density at radius 1 is 0.719 bits per heavy atom. The number of halogens is 1. The highest BCUT2D eigenvalue weighted by atomic mass is 35.5. The van der Waals surface area contributed by atoms with E-state index in [2.05, 4.69) is 4.98 Å². The zero-order valence-corrected chi connectivity index (χ0v) is 18.0. The molecule has 1 aromatic heterocycles. The topological polar surface area (TPSA) is 70.0 Å². The molecule has 3 aromatic rings. The Bertz CT molecular complexity index is 1020. The van der Waals surface area contributed by atoms with Crippen molar-refractivity contribution < 1.29 is 24.1 Å². The lowest BCUT2D eigenvalue weighted by Crippen LogP contribution is -2.59. The van der Waals surface area contributed by atoms with Crippen LogP contribution in [0.15, 0.2) is 79.0 Å². The lowest BCUT2D eigenvalue weighted by atomic mass is 9.95. The van der Waals surface area contributed by atoms with E-state index in [0.29, 0.717) is 11.4 Å². The van der Waals surface area contributed by atoms with E-state index in [-0.39, 0.29) is 6.61 Å². The quantitative estimate of drug-likeness (QED) is 0.623. The molecule has 32 heavy (non-hydrogen) atoms. The molecule has 1 N–H and O–H groups in total. The van der Waals surface area contributed by atoms with E-state index in [4.69, 9.17) is 30.5 Å². The third kappa shape index (κ3) is 4.43. The first-order chi connectivity index (χ1) is 15.7. The molecule has 2 aromatic carbocycles. The second kappa shape index (κ2) is 9.67. The Morgan fingerprint density at radius 3 is 1.84 bits per heavy atom. The number of pyridine rings is 1. The minimum absolute atomic E-state index is 0.202. The van der Waals surface area contributed by atoms with E-state index >= 15 is 0 Å². The summed E-state index contributed by atoms with van der Waals surface area (Å²) in [5.74, 6) is 0. The van der Waals surface area contributed by atoms with Gasteiger partial charge in [-0.15, -0.1) is 0 Å². The van der Waals surface area contributed by atoms with Crippen molar-refractivity contribution in [1.82, 2.24) is 4.98 Å². The SMILES string of the molecule is OC[C@H]1OC(c2ccccc2)O[C@@H]2[C@@H]1OC(c1ccccc1)O[C@@H]2Cc1ncccc1Cl. The van der Waals surface area contributed by atoms with Crippen LogP contribution in [0, 0.1) is 0 Å². The molecule has 2 aliphatic heterocycles. The summed E-state index contributed by atoms with van der Waals surface area (Å²) >= 11 is 6.40. The summed E-state index contributed by atoms with van der Waals surface area (Å²) in [6.45, 7) is -0.202. The third-order valence-electron chi connectivity index (χ3n) is 5.77. The van der Waals surface area contributed by atoms with Crippen molar-refractivity contribution in [2.75, 3.05) is 6.61 Å². The van der Waals surface area contributed by atoms with E-state index in [1.54, 1.807) is 12.3 Å². The maximum Gasteiger partial charge on any atom is 0.184 e. The normalized spacial score (nSPS) is 29.9. The molecule has 0 bridgehead atoms. The van der Waals surface area contributed by atoms with Gasteiger partial charge >= 0.3 is 0 Å². The fourth-order valence-electron chi connectivity index (χ4n) is 4.18. The van der Waals surface area contributed by atoms with Crippen LogP contribution < -0.4 is 0 Å². The van der Waals surface area contributed by atoms with E-state index in [9.17, 15) is 5.11 Å². The number of hydrogen-bond donors (Lipinski definition) is 1. The molecule has 0 spiro atoms. The summed E-state index contributed by atoms with van der Waals surface area (Å²) < 4.78 is 25.1. The molecule has 0 saturated carbocycles. The van der Waals surface area contributed by atoms with Crippen molar-refractivity contribution in [2.24, 2.45) is 0 Å². The number of rotatable bonds is 5. The van der Waals surface area contributed by atoms with E-state index in [0.717, 1.165) is 16.8 Å². The van der Waals surface area contributed by atoms with E-state index in [1.807, 2.05) is 66.7 Å². The molecule has 6 atom stereocenters. The lowest BCUT2D eigenvalue weighted by Gasteiger charge is -2.49. The zero-order chi connectivity index (χ0) is 21.9. The maximum absolute atomic E-state index is 10.1. The van der Waals surface area contributed by atoms with Crippen LogP contribution in [0.25, 0.3) is 0 Å². The summed E-state index contributed by atoms with van der Waals surface area (Å²) in [5.41, 5.74) is 2.47. The minimum atomic E-state index is -0.642. The summed E-state index contributed by atoms with van der Waals surface area (Å²) in [6, 6.07) is 22.9. The standard InChI is InChI=1S/C25H24ClNO5/c26-18-12-7-13-27-19(18)14-20-22-23(32-24(29-20)16-8-3-1-4-9-16)21(15-28)30-25(31-22)17-10-5-2-6-11-17/h1-13,20-25,28H,14-15H2/t20-,21-,22+,23-,24?,25?/m1/s1. The van der Waals surface area contributed by atoms with Crippen LogP contribution in [-0.2, 0) is 25.4 Å². The van der Waals surface area contributed by atoms with Crippen molar-refractivity contribution in [3.8, 4) is 0 Å². The van der Waals surface area contributed by atoms with Gasteiger partial charge in [0, 0.05) is 23.7 Å². The van der Waals surface area contributed by atoms with Crippen molar-refractivity contribution in [3.63, 3.8) is 0 Å². The molecule has 2 fully saturated rings. The lowest BCUT2D eigenvalue weighted by molar-refractivity contribution is -0.384. The first-order valence-electron chi connectivity index (χ1n) is 10.6.